The predicted octanol–water partition coefficient (Wildman–Crippen LogP) is 3.15. The zero-order chi connectivity index (χ0) is 23.8. The lowest BCUT2D eigenvalue weighted by Crippen LogP contribution is -2.55. The molecule has 1 aliphatic heterocycles. The Labute approximate surface area is 194 Å². The van der Waals surface area contributed by atoms with Crippen molar-refractivity contribution in [2.24, 2.45) is 11.8 Å². The van der Waals surface area contributed by atoms with Gasteiger partial charge in [0.2, 0.25) is 11.8 Å². The van der Waals surface area contributed by atoms with Crippen LogP contribution < -0.4 is 9.64 Å². The van der Waals surface area contributed by atoms with Gasteiger partial charge in [-0.25, -0.2) is 4.90 Å². The van der Waals surface area contributed by atoms with Gasteiger partial charge in [0.25, 0.3) is 5.69 Å². The predicted molar refractivity (Wildman–Crippen MR) is 122 cm³/mol. The highest BCUT2D eigenvalue weighted by molar-refractivity contribution is 6.24. The Balaban J connectivity index is 1.61. The summed E-state index contributed by atoms with van der Waals surface area (Å²) in [6.07, 6.45) is 0. The van der Waals surface area contributed by atoms with E-state index in [9.17, 15) is 24.8 Å². The average Bonchev–Trinajstić information content (AvgIpc) is 3.14. The fourth-order valence-electron chi connectivity index (χ4n) is 6.40. The summed E-state index contributed by atoms with van der Waals surface area (Å²) < 4.78 is 5.11. The molecule has 0 radical (unpaired) electrons. The van der Waals surface area contributed by atoms with Crippen molar-refractivity contribution in [1.82, 2.24) is 0 Å². The van der Waals surface area contributed by atoms with Crippen LogP contribution in [0.15, 0.2) is 66.7 Å². The quantitative estimate of drug-likeness (QED) is 0.367. The van der Waals surface area contributed by atoms with E-state index >= 15 is 0 Å². The van der Waals surface area contributed by atoms with Crippen molar-refractivity contribution in [3.63, 3.8) is 0 Å². The summed E-state index contributed by atoms with van der Waals surface area (Å²) in [7, 11) is 1.39. The van der Waals surface area contributed by atoms with Crippen molar-refractivity contribution in [1.29, 1.82) is 0 Å². The number of nitrogens with zero attached hydrogens (tertiary/aromatic N) is 2. The number of carbonyl (C=O) groups excluding carboxylic acids is 2. The van der Waals surface area contributed by atoms with Crippen LogP contribution in [0.4, 0.5) is 11.4 Å². The van der Waals surface area contributed by atoms with Crippen LogP contribution in [0, 0.1) is 22.0 Å². The van der Waals surface area contributed by atoms with Crippen LogP contribution in [0.3, 0.4) is 0 Å². The van der Waals surface area contributed by atoms with Crippen LogP contribution in [0.25, 0.3) is 0 Å². The molecular formula is C26H20N2O6. The van der Waals surface area contributed by atoms with Gasteiger partial charge >= 0.3 is 0 Å². The molecule has 4 aliphatic rings. The van der Waals surface area contributed by atoms with E-state index in [1.807, 2.05) is 48.5 Å². The van der Waals surface area contributed by atoms with Gasteiger partial charge in [0, 0.05) is 5.92 Å². The van der Waals surface area contributed by atoms with Crippen molar-refractivity contribution < 1.29 is 24.4 Å². The molecule has 8 nitrogen and oxygen atoms in total. The first-order chi connectivity index (χ1) is 16.5. The highest BCUT2D eigenvalue weighted by Crippen LogP contribution is 2.64. The molecule has 3 aliphatic carbocycles. The van der Waals surface area contributed by atoms with Gasteiger partial charge in [-0.05, 0) is 34.4 Å². The highest BCUT2D eigenvalue weighted by Gasteiger charge is 2.68. The van der Waals surface area contributed by atoms with Gasteiger partial charge in [-0.15, -0.1) is 0 Å². The van der Waals surface area contributed by atoms with Gasteiger partial charge in [-0.3, -0.25) is 19.7 Å². The number of benzene rings is 3. The minimum absolute atomic E-state index is 0.0872. The van der Waals surface area contributed by atoms with E-state index in [-0.39, 0.29) is 29.6 Å². The van der Waals surface area contributed by atoms with E-state index in [0.29, 0.717) is 0 Å². The second kappa shape index (κ2) is 6.98. The lowest BCUT2D eigenvalue weighted by atomic mass is 9.47. The maximum atomic E-state index is 14.0. The van der Waals surface area contributed by atoms with Crippen molar-refractivity contribution in [2.45, 2.75) is 11.3 Å². The summed E-state index contributed by atoms with van der Waals surface area (Å²) in [6, 6.07) is 19.2. The molecule has 3 aromatic rings. The van der Waals surface area contributed by atoms with Crippen molar-refractivity contribution in [3.05, 3.63) is 99.1 Å². The normalized spacial score (nSPS) is 26.2. The lowest BCUT2D eigenvalue weighted by molar-refractivity contribution is -0.384. The molecule has 7 rings (SSSR count). The van der Waals surface area contributed by atoms with Crippen LogP contribution in [-0.4, -0.2) is 35.6 Å². The number of aliphatic hydroxyl groups excluding tert-OH is 1. The number of carbonyl (C=O) groups is 2. The summed E-state index contributed by atoms with van der Waals surface area (Å²) in [5.74, 6) is -2.81. The monoisotopic (exact) mass is 456 g/mol. The number of rotatable bonds is 4. The maximum Gasteiger partial charge on any atom is 0.297 e. The number of anilines is 1. The zero-order valence-corrected chi connectivity index (χ0v) is 18.2. The van der Waals surface area contributed by atoms with E-state index in [1.54, 1.807) is 0 Å². The minimum atomic E-state index is -1.12. The number of amides is 2. The molecule has 1 N–H and O–H groups in total. The molecule has 2 atom stereocenters. The summed E-state index contributed by atoms with van der Waals surface area (Å²) in [6.45, 7) is -0.369. The third-order valence-electron chi connectivity index (χ3n) is 7.66. The summed E-state index contributed by atoms with van der Waals surface area (Å²) in [5, 5.41) is 22.7. The fraction of sp³-hybridized carbons (Fsp3) is 0.231. The molecule has 1 saturated heterocycles. The molecule has 170 valence electrons. The Kier molecular flexibility index (Phi) is 4.22. The number of hydrogen-bond donors (Lipinski definition) is 1. The molecule has 2 bridgehead atoms. The third kappa shape index (κ3) is 2.30. The summed E-state index contributed by atoms with van der Waals surface area (Å²) in [5.41, 5.74) is 1.88. The number of methoxy groups -OCH3 is 1. The van der Waals surface area contributed by atoms with Gasteiger partial charge in [-0.1, -0.05) is 48.5 Å². The van der Waals surface area contributed by atoms with Gasteiger partial charge in [-0.2, -0.15) is 0 Å². The SMILES string of the molecule is COc1ccc(N2C(=O)[C@@H]3C4c5ccccc5C(CO)(c5ccccc54)[C@@H]3C2=O)c([N+](=O)[O-])c1. The second-order valence-corrected chi connectivity index (χ2v) is 8.91. The van der Waals surface area contributed by atoms with Gasteiger partial charge in [0.05, 0.1) is 42.0 Å². The van der Waals surface area contributed by atoms with E-state index in [1.165, 1.54) is 25.3 Å². The van der Waals surface area contributed by atoms with E-state index in [2.05, 4.69) is 0 Å². The molecule has 3 aromatic carbocycles. The fourth-order valence-corrected chi connectivity index (χ4v) is 6.40. The molecule has 1 fully saturated rings. The zero-order valence-electron chi connectivity index (χ0n) is 18.2. The maximum absolute atomic E-state index is 14.0. The number of imide groups is 1. The molecule has 1 heterocycles. The van der Waals surface area contributed by atoms with Crippen LogP contribution >= 0.6 is 0 Å². The van der Waals surface area contributed by atoms with E-state index in [0.717, 1.165) is 27.2 Å². The van der Waals surface area contributed by atoms with Crippen LogP contribution in [0.2, 0.25) is 0 Å². The van der Waals surface area contributed by atoms with Crippen molar-refractivity contribution in [3.8, 4) is 5.75 Å². The standard InChI is InChI=1S/C26H20N2O6/c1-34-14-10-11-19(20(12-14)28(32)33)27-24(30)22-21-15-6-2-4-8-17(15)26(13-29,23(22)25(27)31)18-9-5-3-7-16(18)21/h2-12,21-23,29H,13H2,1H3/t21?,22-,23+,26?/m1/s1. The number of nitro groups is 1. The first-order valence-corrected chi connectivity index (χ1v) is 11.0. The average molecular weight is 456 g/mol. The largest absolute Gasteiger partial charge is 0.496 e. The van der Waals surface area contributed by atoms with Gasteiger partial charge < -0.3 is 9.84 Å². The Morgan fingerprint density at radius 2 is 1.62 bits per heavy atom. The highest BCUT2D eigenvalue weighted by atomic mass is 16.6. The van der Waals surface area contributed by atoms with Crippen molar-refractivity contribution >= 4 is 23.2 Å². The molecule has 8 heteroatoms. The van der Waals surface area contributed by atoms with Crippen LogP contribution in [-0.2, 0) is 15.0 Å². The molecule has 0 unspecified atom stereocenters. The smallest absolute Gasteiger partial charge is 0.297 e. The first kappa shape index (κ1) is 20.6. The first-order valence-electron chi connectivity index (χ1n) is 11.0. The summed E-state index contributed by atoms with van der Waals surface area (Å²) in [4.78, 5) is 40.1. The van der Waals surface area contributed by atoms with Gasteiger partial charge in [0.15, 0.2) is 0 Å². The van der Waals surface area contributed by atoms with Crippen LogP contribution in [0.1, 0.15) is 28.2 Å². The second-order valence-electron chi connectivity index (χ2n) is 8.91. The summed E-state index contributed by atoms with van der Waals surface area (Å²) >= 11 is 0. The van der Waals surface area contributed by atoms with E-state index in [4.69, 9.17) is 4.74 Å². The number of hydrogen-bond acceptors (Lipinski definition) is 6. The van der Waals surface area contributed by atoms with E-state index < -0.39 is 34.0 Å². The lowest BCUT2D eigenvalue weighted by Gasteiger charge is -2.53. The van der Waals surface area contributed by atoms with Crippen molar-refractivity contribution in [2.75, 3.05) is 18.6 Å². The molecule has 0 saturated carbocycles. The Morgan fingerprint density at radius 3 is 2.18 bits per heavy atom. The third-order valence-corrected chi connectivity index (χ3v) is 7.66. The Hall–Kier alpha value is -4.04. The Morgan fingerprint density at radius 1 is 1.00 bits per heavy atom. The molecule has 0 spiro atoms. The molecule has 0 aromatic heterocycles. The topological polar surface area (TPSA) is 110 Å². The molecule has 2 amide bonds. The number of aliphatic hydroxyl groups is 1. The molecule has 34 heavy (non-hydrogen) atoms. The Bertz CT molecular complexity index is 1350. The van der Waals surface area contributed by atoms with Crippen LogP contribution in [0.5, 0.6) is 5.75 Å². The number of nitro benzene ring substituents is 1. The number of ether oxygens (including phenoxy) is 1. The van der Waals surface area contributed by atoms with Gasteiger partial charge in [0.1, 0.15) is 11.4 Å². The molecular weight excluding hydrogens is 436 g/mol. The minimum Gasteiger partial charge on any atom is -0.496 e.